The van der Waals surface area contributed by atoms with Crippen molar-refractivity contribution in [3.8, 4) is 0 Å². The number of carboxylic acid groups (broad SMARTS) is 1. The fraction of sp³-hybridized carbons (Fsp3) is 0.500. The monoisotopic (exact) mass is 265 g/mol. The van der Waals surface area contributed by atoms with Crippen LogP contribution in [0.2, 0.25) is 0 Å². The van der Waals surface area contributed by atoms with E-state index in [-0.39, 0.29) is 6.04 Å². The van der Waals surface area contributed by atoms with Crippen LogP contribution in [0.5, 0.6) is 0 Å². The second kappa shape index (κ2) is 6.25. The predicted octanol–water partition coefficient (Wildman–Crippen LogP) is 2.57. The molecule has 0 bridgehead atoms. The number of nitrogens with zero attached hydrogens (tertiary/aromatic N) is 1. The van der Waals surface area contributed by atoms with Gasteiger partial charge in [-0.1, -0.05) is 18.2 Å². The van der Waals surface area contributed by atoms with Crippen molar-refractivity contribution in [1.29, 1.82) is 0 Å². The summed E-state index contributed by atoms with van der Waals surface area (Å²) in [6.45, 7) is 3.59. The van der Waals surface area contributed by atoms with Crippen molar-refractivity contribution in [3.05, 3.63) is 30.3 Å². The van der Waals surface area contributed by atoms with Crippen molar-refractivity contribution in [2.24, 2.45) is 5.92 Å². The van der Waals surface area contributed by atoms with Crippen LogP contribution in [0.25, 0.3) is 0 Å². The van der Waals surface area contributed by atoms with E-state index >= 15 is 0 Å². The van der Waals surface area contributed by atoms with Gasteiger partial charge in [0.25, 0.3) is 0 Å². The zero-order valence-electron chi connectivity index (χ0n) is 10.6. The number of thioether (sulfide) groups is 1. The molecule has 2 unspecified atom stereocenters. The molecule has 1 aliphatic rings. The Balaban J connectivity index is 1.78. The lowest BCUT2D eigenvalue weighted by atomic mass is 10.2. The normalized spacial score (nSPS) is 21.9. The molecule has 1 heterocycles. The lowest BCUT2D eigenvalue weighted by Crippen LogP contribution is -2.37. The van der Waals surface area contributed by atoms with Gasteiger partial charge in [0.15, 0.2) is 0 Å². The van der Waals surface area contributed by atoms with Gasteiger partial charge in [0.1, 0.15) is 6.04 Å². The summed E-state index contributed by atoms with van der Waals surface area (Å²) in [5.41, 5.74) is 0. The molecule has 0 amide bonds. The van der Waals surface area contributed by atoms with Crippen molar-refractivity contribution in [2.45, 2.75) is 24.3 Å². The van der Waals surface area contributed by atoms with Crippen molar-refractivity contribution in [1.82, 2.24) is 4.90 Å². The van der Waals surface area contributed by atoms with Gasteiger partial charge in [-0.05, 0) is 37.9 Å². The van der Waals surface area contributed by atoms with E-state index in [1.165, 1.54) is 4.90 Å². The molecular formula is C14H19NO2S. The topological polar surface area (TPSA) is 40.5 Å². The van der Waals surface area contributed by atoms with Crippen LogP contribution in [-0.4, -0.2) is 40.9 Å². The zero-order chi connectivity index (χ0) is 13.0. The van der Waals surface area contributed by atoms with Crippen LogP contribution in [-0.2, 0) is 4.79 Å². The van der Waals surface area contributed by atoms with Gasteiger partial charge in [-0.3, -0.25) is 9.69 Å². The fourth-order valence-electron chi connectivity index (χ4n) is 2.24. The minimum absolute atomic E-state index is 0.350. The highest BCUT2D eigenvalue weighted by atomic mass is 32.2. The van der Waals surface area contributed by atoms with E-state index in [1.807, 2.05) is 17.8 Å². The van der Waals surface area contributed by atoms with Crippen LogP contribution in [0.3, 0.4) is 0 Å². The first kappa shape index (κ1) is 13.4. The van der Waals surface area contributed by atoms with Crippen LogP contribution >= 0.6 is 11.8 Å². The summed E-state index contributed by atoms with van der Waals surface area (Å²) >= 11 is 1.87. The van der Waals surface area contributed by atoms with Gasteiger partial charge in [-0.25, -0.2) is 0 Å². The second-order valence-electron chi connectivity index (χ2n) is 4.79. The van der Waals surface area contributed by atoms with Crippen molar-refractivity contribution < 1.29 is 9.90 Å². The fourth-order valence-corrected chi connectivity index (χ4v) is 3.29. The maximum atomic E-state index is 10.9. The Hall–Kier alpha value is -1.00. The lowest BCUT2D eigenvalue weighted by molar-refractivity contribution is -0.142. The molecule has 1 aliphatic heterocycles. The van der Waals surface area contributed by atoms with Gasteiger partial charge in [0, 0.05) is 17.2 Å². The largest absolute Gasteiger partial charge is 0.480 e. The van der Waals surface area contributed by atoms with E-state index in [2.05, 4.69) is 29.2 Å². The van der Waals surface area contributed by atoms with E-state index in [0.29, 0.717) is 5.92 Å². The molecule has 2 atom stereocenters. The summed E-state index contributed by atoms with van der Waals surface area (Å²) in [4.78, 5) is 14.3. The van der Waals surface area contributed by atoms with Gasteiger partial charge in [-0.15, -0.1) is 11.8 Å². The van der Waals surface area contributed by atoms with Crippen LogP contribution in [0, 0.1) is 5.92 Å². The molecule has 0 radical (unpaired) electrons. The van der Waals surface area contributed by atoms with Gasteiger partial charge in [-0.2, -0.15) is 0 Å². The summed E-state index contributed by atoms with van der Waals surface area (Å²) < 4.78 is 0. The zero-order valence-corrected chi connectivity index (χ0v) is 11.4. The molecule has 0 aromatic heterocycles. The first-order valence-corrected chi connectivity index (χ1v) is 7.30. The van der Waals surface area contributed by atoms with Gasteiger partial charge < -0.3 is 5.11 Å². The molecule has 1 fully saturated rings. The number of likely N-dealkylation sites (tertiary alicyclic amines) is 1. The van der Waals surface area contributed by atoms with Gasteiger partial charge >= 0.3 is 5.97 Å². The third-order valence-electron chi connectivity index (χ3n) is 3.45. The van der Waals surface area contributed by atoms with Crippen LogP contribution in [0.1, 0.15) is 13.3 Å². The van der Waals surface area contributed by atoms with Crippen LogP contribution < -0.4 is 0 Å². The molecule has 1 saturated heterocycles. The van der Waals surface area contributed by atoms with Gasteiger partial charge in [0.2, 0.25) is 0 Å². The number of hydrogen-bond donors (Lipinski definition) is 1. The maximum Gasteiger partial charge on any atom is 0.320 e. The molecule has 98 valence electrons. The Morgan fingerprint density at radius 2 is 2.22 bits per heavy atom. The first-order valence-electron chi connectivity index (χ1n) is 6.31. The Morgan fingerprint density at radius 1 is 1.50 bits per heavy atom. The Bertz CT molecular complexity index is 396. The molecule has 1 aromatic carbocycles. The number of rotatable bonds is 5. The minimum atomic E-state index is -0.716. The standard InChI is InChI=1S/C14H19NO2S/c1-11(14(16)17)15-8-7-12(9-15)10-18-13-5-3-2-4-6-13/h2-6,11-12H,7-10H2,1H3,(H,16,17). The molecule has 4 heteroatoms. The molecule has 0 spiro atoms. The Morgan fingerprint density at radius 3 is 2.89 bits per heavy atom. The van der Waals surface area contributed by atoms with E-state index < -0.39 is 5.97 Å². The summed E-state index contributed by atoms with van der Waals surface area (Å²) in [5, 5.41) is 8.99. The van der Waals surface area contributed by atoms with Gasteiger partial charge in [0.05, 0.1) is 0 Å². The maximum absolute atomic E-state index is 10.9. The van der Waals surface area contributed by atoms with Crippen molar-refractivity contribution in [3.63, 3.8) is 0 Å². The lowest BCUT2D eigenvalue weighted by Gasteiger charge is -2.20. The van der Waals surface area contributed by atoms with E-state index in [9.17, 15) is 4.79 Å². The van der Waals surface area contributed by atoms with Crippen LogP contribution in [0.15, 0.2) is 35.2 Å². The second-order valence-corrected chi connectivity index (χ2v) is 5.88. The van der Waals surface area contributed by atoms with Crippen LogP contribution in [0.4, 0.5) is 0 Å². The molecule has 18 heavy (non-hydrogen) atoms. The molecule has 0 aliphatic carbocycles. The van der Waals surface area contributed by atoms with Crippen molar-refractivity contribution >= 4 is 17.7 Å². The Kier molecular flexibility index (Phi) is 4.66. The third-order valence-corrected chi connectivity index (χ3v) is 4.69. The quantitative estimate of drug-likeness (QED) is 0.831. The smallest absolute Gasteiger partial charge is 0.320 e. The van der Waals surface area contributed by atoms with E-state index in [4.69, 9.17) is 5.11 Å². The predicted molar refractivity (Wildman–Crippen MR) is 73.9 cm³/mol. The molecule has 1 aromatic rings. The van der Waals surface area contributed by atoms with Crippen molar-refractivity contribution in [2.75, 3.05) is 18.8 Å². The molecule has 0 saturated carbocycles. The average molecular weight is 265 g/mol. The molecule has 2 rings (SSSR count). The number of hydrogen-bond acceptors (Lipinski definition) is 3. The number of aliphatic carboxylic acids is 1. The summed E-state index contributed by atoms with van der Waals surface area (Å²) in [6.07, 6.45) is 1.11. The highest BCUT2D eigenvalue weighted by molar-refractivity contribution is 7.99. The van der Waals surface area contributed by atoms with E-state index in [1.54, 1.807) is 6.92 Å². The summed E-state index contributed by atoms with van der Waals surface area (Å²) in [5.74, 6) is 0.968. The minimum Gasteiger partial charge on any atom is -0.480 e. The molecule has 1 N–H and O–H groups in total. The first-order chi connectivity index (χ1) is 8.66. The number of benzene rings is 1. The highest BCUT2D eigenvalue weighted by Gasteiger charge is 2.29. The highest BCUT2D eigenvalue weighted by Crippen LogP contribution is 2.26. The number of carboxylic acids is 1. The molecular weight excluding hydrogens is 246 g/mol. The average Bonchev–Trinajstić information content (AvgIpc) is 2.85. The molecule has 3 nitrogen and oxygen atoms in total. The SMILES string of the molecule is CC(C(=O)O)N1CCC(CSc2ccccc2)C1. The Labute approximate surface area is 112 Å². The van der Waals surface area contributed by atoms with E-state index in [0.717, 1.165) is 25.3 Å². The number of carbonyl (C=O) groups is 1. The summed E-state index contributed by atoms with van der Waals surface area (Å²) in [6, 6.07) is 10.0. The summed E-state index contributed by atoms with van der Waals surface area (Å²) in [7, 11) is 0. The third kappa shape index (κ3) is 3.50.